The fraction of sp³-hybridized carbons (Fsp3) is 0.0870. The van der Waals surface area contributed by atoms with Crippen LogP contribution < -0.4 is 15.4 Å². The molecular formula is C23H18N4O4. The molecule has 31 heavy (non-hydrogen) atoms. The van der Waals surface area contributed by atoms with Gasteiger partial charge >= 0.3 is 0 Å². The molecule has 1 unspecified atom stereocenters. The highest BCUT2D eigenvalue weighted by molar-refractivity contribution is 6.05. The molecule has 154 valence electrons. The lowest BCUT2D eigenvalue weighted by molar-refractivity contribution is -0.122. The van der Waals surface area contributed by atoms with Gasteiger partial charge in [-0.25, -0.2) is 4.68 Å². The molecule has 0 saturated heterocycles. The van der Waals surface area contributed by atoms with Gasteiger partial charge in [0.1, 0.15) is 17.1 Å². The number of para-hydroxylation sites is 1. The molecule has 5 rings (SSSR count). The molecule has 3 heterocycles. The van der Waals surface area contributed by atoms with E-state index in [-0.39, 0.29) is 11.8 Å². The van der Waals surface area contributed by atoms with Crippen molar-refractivity contribution < 1.29 is 18.7 Å². The van der Waals surface area contributed by atoms with E-state index in [1.807, 2.05) is 30.3 Å². The lowest BCUT2D eigenvalue weighted by Gasteiger charge is -2.23. The molecule has 0 saturated carbocycles. The van der Waals surface area contributed by atoms with Gasteiger partial charge in [0.2, 0.25) is 0 Å². The summed E-state index contributed by atoms with van der Waals surface area (Å²) in [6, 6.07) is 19.7. The zero-order chi connectivity index (χ0) is 21.4. The van der Waals surface area contributed by atoms with Crippen LogP contribution in [0.2, 0.25) is 0 Å². The first-order chi connectivity index (χ1) is 15.1. The van der Waals surface area contributed by atoms with Crippen LogP contribution in [0.15, 0.2) is 77.4 Å². The fourth-order valence-electron chi connectivity index (χ4n) is 3.34. The molecule has 0 fully saturated rings. The molecule has 1 aliphatic heterocycles. The number of nitrogens with one attached hydrogen (secondary N) is 2. The van der Waals surface area contributed by atoms with E-state index in [2.05, 4.69) is 15.7 Å². The van der Waals surface area contributed by atoms with Crippen molar-refractivity contribution in [1.82, 2.24) is 9.78 Å². The molecule has 0 spiro atoms. The van der Waals surface area contributed by atoms with Crippen molar-refractivity contribution in [2.45, 2.75) is 13.0 Å². The normalized spacial score (nSPS) is 15.0. The number of amides is 2. The van der Waals surface area contributed by atoms with E-state index >= 15 is 0 Å². The van der Waals surface area contributed by atoms with Crippen LogP contribution in [0.5, 0.6) is 5.75 Å². The van der Waals surface area contributed by atoms with Gasteiger partial charge in [0.15, 0.2) is 11.9 Å². The number of furan rings is 1. The highest BCUT2D eigenvalue weighted by atomic mass is 16.5. The first-order valence-corrected chi connectivity index (χ1v) is 9.71. The molecular weight excluding hydrogens is 396 g/mol. The number of carbonyl (C=O) groups excluding carboxylic acids is 2. The lowest BCUT2D eigenvalue weighted by atomic mass is 10.2. The molecule has 0 bridgehead atoms. The number of benzene rings is 2. The Kier molecular flexibility index (Phi) is 4.51. The Balaban J connectivity index is 1.48. The van der Waals surface area contributed by atoms with Crippen LogP contribution in [0.4, 0.5) is 11.4 Å². The minimum atomic E-state index is -0.562. The molecule has 4 aromatic rings. The van der Waals surface area contributed by atoms with E-state index in [0.29, 0.717) is 34.3 Å². The van der Waals surface area contributed by atoms with E-state index in [4.69, 9.17) is 9.15 Å². The first-order valence-electron chi connectivity index (χ1n) is 9.71. The summed E-state index contributed by atoms with van der Waals surface area (Å²) in [7, 11) is 0. The predicted octanol–water partition coefficient (Wildman–Crippen LogP) is 4.10. The molecule has 1 atom stereocenters. The molecule has 8 nitrogen and oxygen atoms in total. The summed E-state index contributed by atoms with van der Waals surface area (Å²) in [5.74, 6) is 0.526. The summed E-state index contributed by atoms with van der Waals surface area (Å²) in [4.78, 5) is 25.0. The SMILES string of the molecule is CC1Oc2ccc(NC(=O)c3cc(-c4ccco4)nn3-c3ccccc3)cc2NC1=O. The second kappa shape index (κ2) is 7.49. The number of hydrogen-bond acceptors (Lipinski definition) is 5. The van der Waals surface area contributed by atoms with Gasteiger partial charge in [-0.05, 0) is 49.4 Å². The Bertz CT molecular complexity index is 1260. The third-order valence-electron chi connectivity index (χ3n) is 4.88. The quantitative estimate of drug-likeness (QED) is 0.524. The maximum absolute atomic E-state index is 13.2. The first kappa shape index (κ1) is 18.7. The average Bonchev–Trinajstić information content (AvgIpc) is 3.45. The smallest absolute Gasteiger partial charge is 0.274 e. The van der Waals surface area contributed by atoms with Crippen LogP contribution in [0.3, 0.4) is 0 Å². The number of hydrogen-bond donors (Lipinski definition) is 2. The zero-order valence-corrected chi connectivity index (χ0v) is 16.5. The van der Waals surface area contributed by atoms with Crippen LogP contribution in [0, 0.1) is 0 Å². The molecule has 0 aliphatic carbocycles. The summed E-state index contributed by atoms with van der Waals surface area (Å²) < 4.78 is 12.6. The Morgan fingerprint density at radius 2 is 1.94 bits per heavy atom. The number of ether oxygens (including phenoxy) is 1. The van der Waals surface area contributed by atoms with Crippen molar-refractivity contribution in [2.24, 2.45) is 0 Å². The number of fused-ring (bicyclic) bond motifs is 1. The second-order valence-electron chi connectivity index (χ2n) is 7.05. The van der Waals surface area contributed by atoms with E-state index in [0.717, 1.165) is 5.69 Å². The second-order valence-corrected chi connectivity index (χ2v) is 7.05. The molecule has 0 radical (unpaired) electrons. The Hall–Kier alpha value is -4.33. The lowest BCUT2D eigenvalue weighted by Crippen LogP contribution is -2.34. The molecule has 8 heteroatoms. The van der Waals surface area contributed by atoms with Crippen molar-refractivity contribution in [3.63, 3.8) is 0 Å². The van der Waals surface area contributed by atoms with Crippen molar-refractivity contribution in [1.29, 1.82) is 0 Å². The standard InChI is InChI=1S/C23H18N4O4/c1-14-22(28)25-17-12-15(9-10-21(17)31-14)24-23(29)19-13-18(20-8-5-11-30-20)26-27(19)16-6-3-2-4-7-16/h2-14H,1H3,(H,24,29)(H,25,28). The van der Waals surface area contributed by atoms with Crippen LogP contribution in [0.1, 0.15) is 17.4 Å². The monoisotopic (exact) mass is 414 g/mol. The number of aromatic nitrogens is 2. The topological polar surface area (TPSA) is 98.4 Å². The minimum absolute atomic E-state index is 0.235. The average molecular weight is 414 g/mol. The summed E-state index contributed by atoms with van der Waals surface area (Å²) in [6.45, 7) is 1.68. The minimum Gasteiger partial charge on any atom is -0.479 e. The summed E-state index contributed by atoms with van der Waals surface area (Å²) in [6.07, 6.45) is 0.995. The molecule has 1 aliphatic rings. The number of nitrogens with zero attached hydrogens (tertiary/aromatic N) is 2. The third-order valence-corrected chi connectivity index (χ3v) is 4.88. The largest absolute Gasteiger partial charge is 0.479 e. The van der Waals surface area contributed by atoms with E-state index < -0.39 is 6.10 Å². The maximum Gasteiger partial charge on any atom is 0.274 e. The molecule has 2 aromatic carbocycles. The van der Waals surface area contributed by atoms with Gasteiger partial charge in [-0.2, -0.15) is 5.10 Å². The van der Waals surface area contributed by atoms with Crippen LogP contribution in [-0.2, 0) is 4.79 Å². The van der Waals surface area contributed by atoms with Crippen molar-refractivity contribution >= 4 is 23.2 Å². The summed E-state index contributed by atoms with van der Waals surface area (Å²) >= 11 is 0. The highest BCUT2D eigenvalue weighted by Crippen LogP contribution is 2.32. The highest BCUT2D eigenvalue weighted by Gasteiger charge is 2.24. The van der Waals surface area contributed by atoms with E-state index in [9.17, 15) is 9.59 Å². The van der Waals surface area contributed by atoms with Gasteiger partial charge < -0.3 is 19.8 Å². The third kappa shape index (κ3) is 3.55. The Morgan fingerprint density at radius 3 is 2.71 bits per heavy atom. The Labute approximate surface area is 177 Å². The number of carbonyl (C=O) groups is 2. The van der Waals surface area contributed by atoms with Gasteiger partial charge in [0.25, 0.3) is 11.8 Å². The molecule has 2 aromatic heterocycles. The molecule has 2 N–H and O–H groups in total. The van der Waals surface area contributed by atoms with E-state index in [1.165, 1.54) is 0 Å². The molecule has 2 amide bonds. The van der Waals surface area contributed by atoms with Crippen molar-refractivity contribution in [3.8, 4) is 22.9 Å². The number of rotatable bonds is 4. The van der Waals surface area contributed by atoms with E-state index in [1.54, 1.807) is 54.3 Å². The van der Waals surface area contributed by atoms with Gasteiger partial charge in [-0.1, -0.05) is 18.2 Å². The fourth-order valence-corrected chi connectivity index (χ4v) is 3.34. The summed E-state index contributed by atoms with van der Waals surface area (Å²) in [5.41, 5.74) is 2.64. The van der Waals surface area contributed by atoms with Crippen molar-refractivity contribution in [3.05, 3.63) is 78.7 Å². The summed E-state index contributed by atoms with van der Waals surface area (Å²) in [5, 5.41) is 10.2. The Morgan fingerprint density at radius 1 is 1.10 bits per heavy atom. The van der Waals surface area contributed by atoms with Crippen LogP contribution in [0.25, 0.3) is 17.1 Å². The van der Waals surface area contributed by atoms with Gasteiger partial charge in [-0.15, -0.1) is 0 Å². The van der Waals surface area contributed by atoms with Crippen LogP contribution >= 0.6 is 0 Å². The van der Waals surface area contributed by atoms with Crippen molar-refractivity contribution in [2.75, 3.05) is 10.6 Å². The van der Waals surface area contributed by atoms with Gasteiger partial charge in [0, 0.05) is 11.8 Å². The maximum atomic E-state index is 13.2. The van der Waals surface area contributed by atoms with Gasteiger partial charge in [0.05, 0.1) is 17.6 Å². The zero-order valence-electron chi connectivity index (χ0n) is 16.5. The van der Waals surface area contributed by atoms with Crippen LogP contribution in [-0.4, -0.2) is 27.7 Å². The predicted molar refractivity (Wildman–Crippen MR) is 114 cm³/mol. The number of anilines is 2. The van der Waals surface area contributed by atoms with Gasteiger partial charge in [-0.3, -0.25) is 9.59 Å².